The molecule has 0 aromatic heterocycles. The molecule has 0 aliphatic heterocycles. The summed E-state index contributed by atoms with van der Waals surface area (Å²) in [7, 11) is -3.54. The van der Waals surface area contributed by atoms with Gasteiger partial charge in [-0.25, -0.2) is 13.1 Å². The molecule has 0 heterocycles. The lowest BCUT2D eigenvalue weighted by atomic mass is 9.89. The van der Waals surface area contributed by atoms with E-state index >= 15 is 0 Å². The number of sulfonamides is 1. The Morgan fingerprint density at radius 3 is 2.57 bits per heavy atom. The van der Waals surface area contributed by atoms with Gasteiger partial charge < -0.3 is 0 Å². The summed E-state index contributed by atoms with van der Waals surface area (Å²) in [6, 6.07) is 3.42. The van der Waals surface area contributed by atoms with Crippen LogP contribution in [0.3, 0.4) is 0 Å². The molecule has 1 fully saturated rings. The fourth-order valence-corrected chi connectivity index (χ4v) is 5.66. The highest BCUT2D eigenvalue weighted by atomic mass is 79.9. The summed E-state index contributed by atoms with van der Waals surface area (Å²) in [6.07, 6.45) is 4.20. The molecule has 0 saturated heterocycles. The SMILES string of the molecule is Cc1cc(Br)c(S(=O)(=O)NCC2CCCCC2Cl)cc1Br. The minimum atomic E-state index is -3.54. The Kier molecular flexibility index (Phi) is 6.16. The maximum Gasteiger partial charge on any atom is 0.241 e. The summed E-state index contributed by atoms with van der Waals surface area (Å²) in [6.45, 7) is 2.31. The van der Waals surface area contributed by atoms with Crippen LogP contribution in [0.4, 0.5) is 0 Å². The molecule has 1 aromatic rings. The number of alkyl halides is 1. The molecule has 2 unspecified atom stereocenters. The van der Waals surface area contributed by atoms with Crippen LogP contribution in [0.5, 0.6) is 0 Å². The van der Waals surface area contributed by atoms with Gasteiger partial charge in [-0.3, -0.25) is 0 Å². The minimum Gasteiger partial charge on any atom is -0.211 e. The van der Waals surface area contributed by atoms with Gasteiger partial charge in [0.25, 0.3) is 0 Å². The topological polar surface area (TPSA) is 46.2 Å². The summed E-state index contributed by atoms with van der Waals surface area (Å²) >= 11 is 13.0. The normalized spacial score (nSPS) is 23.2. The molecule has 21 heavy (non-hydrogen) atoms. The molecule has 0 bridgehead atoms. The zero-order chi connectivity index (χ0) is 15.6. The molecule has 3 nitrogen and oxygen atoms in total. The van der Waals surface area contributed by atoms with Crippen molar-refractivity contribution in [1.82, 2.24) is 4.72 Å². The van der Waals surface area contributed by atoms with E-state index in [0.29, 0.717) is 11.0 Å². The van der Waals surface area contributed by atoms with Crippen LogP contribution in [0, 0.1) is 12.8 Å². The molecule has 7 heteroatoms. The van der Waals surface area contributed by atoms with E-state index in [9.17, 15) is 8.42 Å². The van der Waals surface area contributed by atoms with Crippen molar-refractivity contribution in [2.24, 2.45) is 5.92 Å². The third-order valence-electron chi connectivity index (χ3n) is 3.85. The Bertz CT molecular complexity index is 622. The summed E-state index contributed by atoms with van der Waals surface area (Å²) in [5.41, 5.74) is 0.980. The first kappa shape index (κ1) is 17.7. The van der Waals surface area contributed by atoms with Crippen LogP contribution in [0.1, 0.15) is 31.2 Å². The molecule has 1 aliphatic rings. The Hall–Kier alpha value is 0.380. The zero-order valence-corrected chi connectivity index (χ0v) is 16.4. The Morgan fingerprint density at radius 1 is 1.24 bits per heavy atom. The van der Waals surface area contributed by atoms with Crippen LogP contribution in [0.15, 0.2) is 26.0 Å². The monoisotopic (exact) mass is 457 g/mol. The number of rotatable bonds is 4. The van der Waals surface area contributed by atoms with E-state index in [1.54, 1.807) is 12.1 Å². The largest absolute Gasteiger partial charge is 0.241 e. The molecule has 2 rings (SSSR count). The highest BCUT2D eigenvalue weighted by Gasteiger charge is 2.26. The zero-order valence-electron chi connectivity index (χ0n) is 11.7. The average molecular weight is 460 g/mol. The average Bonchev–Trinajstić information content (AvgIpc) is 2.42. The van der Waals surface area contributed by atoms with Gasteiger partial charge in [0.1, 0.15) is 0 Å². The first-order valence-corrected chi connectivity index (χ1v) is 10.4. The van der Waals surface area contributed by atoms with Gasteiger partial charge in [-0.2, -0.15) is 0 Å². The van der Waals surface area contributed by atoms with Crippen molar-refractivity contribution in [2.45, 2.75) is 42.9 Å². The third-order valence-corrected chi connectivity index (χ3v) is 7.67. The van der Waals surface area contributed by atoms with E-state index < -0.39 is 10.0 Å². The van der Waals surface area contributed by atoms with Gasteiger partial charge in [0.2, 0.25) is 10.0 Å². The highest BCUT2D eigenvalue weighted by Crippen LogP contribution is 2.30. The van der Waals surface area contributed by atoms with Crippen molar-refractivity contribution < 1.29 is 8.42 Å². The Balaban J connectivity index is 2.13. The van der Waals surface area contributed by atoms with Crippen LogP contribution in [-0.4, -0.2) is 20.3 Å². The van der Waals surface area contributed by atoms with Crippen molar-refractivity contribution in [3.8, 4) is 0 Å². The van der Waals surface area contributed by atoms with Crippen molar-refractivity contribution in [3.05, 3.63) is 26.6 Å². The van der Waals surface area contributed by atoms with Gasteiger partial charge >= 0.3 is 0 Å². The van der Waals surface area contributed by atoms with Gasteiger partial charge in [-0.1, -0.05) is 28.8 Å². The maximum atomic E-state index is 12.5. The second kappa shape index (κ2) is 7.30. The van der Waals surface area contributed by atoms with E-state index in [-0.39, 0.29) is 16.2 Å². The van der Waals surface area contributed by atoms with E-state index in [2.05, 4.69) is 36.6 Å². The first-order valence-electron chi connectivity index (χ1n) is 6.90. The summed E-state index contributed by atoms with van der Waals surface area (Å²) in [5.74, 6) is 0.211. The van der Waals surface area contributed by atoms with E-state index in [4.69, 9.17) is 11.6 Å². The molecule has 2 atom stereocenters. The predicted molar refractivity (Wildman–Crippen MR) is 93.4 cm³/mol. The highest BCUT2D eigenvalue weighted by molar-refractivity contribution is 9.11. The number of aryl methyl sites for hydroxylation is 1. The van der Waals surface area contributed by atoms with E-state index in [1.807, 2.05) is 6.92 Å². The lowest BCUT2D eigenvalue weighted by Crippen LogP contribution is -2.34. The van der Waals surface area contributed by atoms with Crippen LogP contribution >= 0.6 is 43.5 Å². The Labute approximate surface area is 148 Å². The van der Waals surface area contributed by atoms with Gasteiger partial charge in [-0.05, 0) is 59.3 Å². The minimum absolute atomic E-state index is 0.0645. The molecular weight excluding hydrogens is 441 g/mol. The first-order chi connectivity index (χ1) is 9.81. The van der Waals surface area contributed by atoms with Crippen molar-refractivity contribution in [1.29, 1.82) is 0 Å². The van der Waals surface area contributed by atoms with Crippen molar-refractivity contribution in [3.63, 3.8) is 0 Å². The van der Waals surface area contributed by atoms with Crippen LogP contribution in [0.2, 0.25) is 0 Å². The maximum absolute atomic E-state index is 12.5. The number of hydrogen-bond donors (Lipinski definition) is 1. The number of halogens is 3. The Morgan fingerprint density at radius 2 is 1.90 bits per heavy atom. The smallest absolute Gasteiger partial charge is 0.211 e. The van der Waals surface area contributed by atoms with E-state index in [1.165, 1.54) is 0 Å². The molecule has 1 saturated carbocycles. The summed E-state index contributed by atoms with van der Waals surface area (Å²) in [5, 5.41) is 0.0645. The van der Waals surface area contributed by atoms with Crippen molar-refractivity contribution in [2.75, 3.05) is 6.54 Å². The number of benzene rings is 1. The van der Waals surface area contributed by atoms with E-state index in [0.717, 1.165) is 35.7 Å². The predicted octanol–water partition coefficient (Wildman–Crippen LogP) is 4.60. The van der Waals surface area contributed by atoms with Gasteiger partial charge in [0, 0.05) is 20.9 Å². The lowest BCUT2D eigenvalue weighted by molar-refractivity contribution is 0.364. The molecule has 1 N–H and O–H groups in total. The fourth-order valence-electron chi connectivity index (χ4n) is 2.52. The van der Waals surface area contributed by atoms with Crippen LogP contribution in [-0.2, 0) is 10.0 Å². The quantitative estimate of drug-likeness (QED) is 0.669. The standard InChI is InChI=1S/C14H18Br2ClNO2S/c1-9-6-12(16)14(7-11(9)15)21(19,20)18-8-10-4-2-3-5-13(10)17/h6-7,10,13,18H,2-5,8H2,1H3. The number of nitrogens with one attached hydrogen (secondary N) is 1. The molecule has 1 aromatic carbocycles. The lowest BCUT2D eigenvalue weighted by Gasteiger charge is -2.27. The fraction of sp³-hybridized carbons (Fsp3) is 0.571. The van der Waals surface area contributed by atoms with Gasteiger partial charge in [0.15, 0.2) is 0 Å². The second-order valence-electron chi connectivity index (χ2n) is 5.44. The third kappa shape index (κ3) is 4.44. The van der Waals surface area contributed by atoms with Gasteiger partial charge in [0.05, 0.1) is 4.90 Å². The molecule has 0 amide bonds. The summed E-state index contributed by atoms with van der Waals surface area (Å²) < 4.78 is 29.0. The molecule has 1 aliphatic carbocycles. The van der Waals surface area contributed by atoms with Crippen molar-refractivity contribution >= 4 is 53.5 Å². The van der Waals surface area contributed by atoms with Gasteiger partial charge in [-0.15, -0.1) is 11.6 Å². The molecule has 118 valence electrons. The second-order valence-corrected chi connectivity index (χ2v) is 9.45. The molecule has 0 radical (unpaired) electrons. The number of hydrogen-bond acceptors (Lipinski definition) is 2. The molecular formula is C14H18Br2ClNO2S. The van der Waals surface area contributed by atoms with Crippen LogP contribution in [0.25, 0.3) is 0 Å². The molecule has 0 spiro atoms. The van der Waals surface area contributed by atoms with Crippen LogP contribution < -0.4 is 4.72 Å². The summed E-state index contributed by atoms with van der Waals surface area (Å²) in [4.78, 5) is 0.252.